The molecule has 2 amide bonds. The molecule has 0 radical (unpaired) electrons. The van der Waals surface area contributed by atoms with Gasteiger partial charge >= 0.3 is 35.6 Å². The molecule has 0 aromatic heterocycles. The molecule has 1 unspecified atom stereocenters. The Morgan fingerprint density at radius 3 is 2.78 bits per heavy atom. The molecule has 2 aliphatic heterocycles. The Labute approximate surface area is 129 Å². The third kappa shape index (κ3) is 3.11. The van der Waals surface area contributed by atoms with Gasteiger partial charge in [-0.15, -0.1) is 0 Å². The number of carbonyl (C=O) groups is 1. The number of fused-ring (bicyclic) bond motifs is 2. The zero-order valence-corrected chi connectivity index (χ0v) is 12.8. The van der Waals surface area contributed by atoms with E-state index in [0.717, 1.165) is 10.6 Å². The number of hydrogen-bond acceptors (Lipinski definition) is 6. The van der Waals surface area contributed by atoms with E-state index in [1.165, 1.54) is 4.90 Å². The van der Waals surface area contributed by atoms with Crippen LogP contribution >= 0.6 is 0 Å². The minimum Gasteiger partial charge on any atom is -0.870 e. The minimum absolute atomic E-state index is 0. The predicted octanol–water partition coefficient (Wildman–Crippen LogP) is -4.03. The Bertz CT molecular complexity index is 379. The summed E-state index contributed by atoms with van der Waals surface area (Å²) in [7, 11) is 0. The molecule has 1 fully saturated rings. The molecule has 0 aromatic rings. The van der Waals surface area contributed by atoms with Gasteiger partial charge in [0.1, 0.15) is 17.4 Å². The number of hydroxylamine groups is 2. The van der Waals surface area contributed by atoms with Crippen molar-refractivity contribution in [2.45, 2.75) is 19.0 Å². The average molecular weight is 287 g/mol. The second-order valence-corrected chi connectivity index (χ2v) is 4.27. The first-order valence-corrected chi connectivity index (χ1v) is 5.71. The fraction of sp³-hybridized carbons (Fsp3) is 0.625. The summed E-state index contributed by atoms with van der Waals surface area (Å²) in [6, 6.07) is -1.34. The minimum atomic E-state index is -2.77. The van der Waals surface area contributed by atoms with Crippen molar-refractivity contribution >= 4 is 17.4 Å². The molecule has 10 heteroatoms. The van der Waals surface area contributed by atoms with E-state index in [4.69, 9.17) is 5.11 Å². The van der Waals surface area contributed by atoms with Crippen LogP contribution in [-0.4, -0.2) is 60.6 Å². The van der Waals surface area contributed by atoms with Gasteiger partial charge in [-0.25, -0.2) is 9.00 Å². The van der Waals surface area contributed by atoms with Gasteiger partial charge < -0.3 is 20.0 Å². The van der Waals surface area contributed by atoms with Crippen LogP contribution in [0.1, 0.15) is 6.92 Å². The van der Waals surface area contributed by atoms with Gasteiger partial charge in [0, 0.05) is 0 Å². The van der Waals surface area contributed by atoms with Gasteiger partial charge in [0.05, 0.1) is 19.2 Å². The number of hydrogen-bond donors (Lipinski definition) is 1. The maximum absolute atomic E-state index is 11.7. The van der Waals surface area contributed by atoms with Crippen LogP contribution in [0, 0.1) is 0 Å². The third-order valence-electron chi connectivity index (χ3n) is 2.80. The van der Waals surface area contributed by atoms with Crippen molar-refractivity contribution in [2.75, 3.05) is 13.2 Å². The molecule has 2 rings (SSSR count). The fourth-order valence-corrected chi connectivity index (χ4v) is 2.31. The summed E-state index contributed by atoms with van der Waals surface area (Å²) >= 11 is -2.77. The molecule has 2 bridgehead atoms. The summed E-state index contributed by atoms with van der Waals surface area (Å²) < 4.78 is 25.3. The van der Waals surface area contributed by atoms with Crippen LogP contribution in [0.2, 0.25) is 0 Å². The number of carbonyl (C=O) groups excluding carboxylic acids is 1. The van der Waals surface area contributed by atoms with Crippen LogP contribution < -0.4 is 29.6 Å². The van der Waals surface area contributed by atoms with Crippen molar-refractivity contribution in [3.8, 4) is 0 Å². The molecule has 0 aromatic carbocycles. The quantitative estimate of drug-likeness (QED) is 0.320. The molecular weight excluding hydrogens is 275 g/mol. The number of amides is 2. The van der Waals surface area contributed by atoms with E-state index in [-0.39, 0.29) is 41.6 Å². The van der Waals surface area contributed by atoms with Gasteiger partial charge in [-0.3, -0.25) is 0 Å². The molecule has 98 valence electrons. The predicted molar refractivity (Wildman–Crippen MR) is 54.3 cm³/mol. The summed E-state index contributed by atoms with van der Waals surface area (Å²) in [5.74, 6) is 0. The van der Waals surface area contributed by atoms with Crippen LogP contribution in [0.3, 0.4) is 0 Å². The van der Waals surface area contributed by atoms with Gasteiger partial charge in [0.15, 0.2) is 0 Å². The number of rotatable bonds is 3. The van der Waals surface area contributed by atoms with Crippen LogP contribution in [0.25, 0.3) is 0 Å². The normalized spacial score (nSPS) is 27.3. The number of urea groups is 1. The summed E-state index contributed by atoms with van der Waals surface area (Å²) in [6.45, 7) is 1.92. The van der Waals surface area contributed by atoms with E-state index in [0.29, 0.717) is 6.54 Å². The van der Waals surface area contributed by atoms with E-state index < -0.39 is 29.5 Å². The number of aliphatic hydroxyl groups excluding tert-OH is 1. The van der Waals surface area contributed by atoms with E-state index in [1.807, 2.05) is 0 Å². The van der Waals surface area contributed by atoms with Crippen molar-refractivity contribution in [1.29, 1.82) is 0 Å². The molecule has 0 spiro atoms. The zero-order valence-electron chi connectivity index (χ0n) is 9.98. The van der Waals surface area contributed by atoms with Crippen LogP contribution in [-0.2, 0) is 15.6 Å². The van der Waals surface area contributed by atoms with E-state index >= 15 is 0 Å². The Hall–Kier alpha value is -0.000000000000000187. The number of aliphatic hydroxyl groups is 1. The fourth-order valence-electron chi connectivity index (χ4n) is 2.01. The summed E-state index contributed by atoms with van der Waals surface area (Å²) in [6.07, 6.45) is 1.74. The van der Waals surface area contributed by atoms with Gasteiger partial charge in [0.25, 0.3) is 0 Å². The summed E-state index contributed by atoms with van der Waals surface area (Å²) in [4.78, 5) is 13.1. The maximum Gasteiger partial charge on any atom is 1.00 e. The largest absolute Gasteiger partial charge is 1.00 e. The van der Waals surface area contributed by atoms with Crippen LogP contribution in [0.15, 0.2) is 11.6 Å². The topological polar surface area (TPSA) is 123 Å². The van der Waals surface area contributed by atoms with Crippen molar-refractivity contribution in [3.05, 3.63) is 11.6 Å². The molecule has 0 aliphatic carbocycles. The van der Waals surface area contributed by atoms with Gasteiger partial charge in [-0.1, -0.05) is 6.08 Å². The molecule has 8 nitrogen and oxygen atoms in total. The zero-order chi connectivity index (χ0) is 11.9. The molecule has 3 atom stereocenters. The van der Waals surface area contributed by atoms with Gasteiger partial charge in [-0.05, 0) is 12.5 Å². The SMILES string of the molecule is CC1=C[C@@H](CO)N2C[C@@H]1N(OS(=O)[O-])C2=O.[Na+].[OH-]. The van der Waals surface area contributed by atoms with Crippen LogP contribution in [0.5, 0.6) is 0 Å². The van der Waals surface area contributed by atoms with Crippen molar-refractivity contribution in [1.82, 2.24) is 9.96 Å². The van der Waals surface area contributed by atoms with E-state index in [2.05, 4.69) is 4.28 Å². The van der Waals surface area contributed by atoms with Crippen molar-refractivity contribution in [2.24, 2.45) is 0 Å². The second-order valence-electron chi connectivity index (χ2n) is 3.72. The van der Waals surface area contributed by atoms with Gasteiger partial charge in [0.2, 0.25) is 0 Å². The smallest absolute Gasteiger partial charge is 0.870 e. The van der Waals surface area contributed by atoms with Crippen LogP contribution in [0.4, 0.5) is 4.79 Å². The average Bonchev–Trinajstić information content (AvgIpc) is 2.49. The molecule has 1 saturated heterocycles. The van der Waals surface area contributed by atoms with E-state index in [9.17, 15) is 13.6 Å². The maximum atomic E-state index is 11.7. The monoisotopic (exact) mass is 287 g/mol. The molecule has 2 heterocycles. The molecule has 0 saturated carbocycles. The first-order valence-electron chi connectivity index (χ1n) is 4.71. The Morgan fingerprint density at radius 2 is 2.28 bits per heavy atom. The molecule has 2 N–H and O–H groups in total. The molecule has 18 heavy (non-hydrogen) atoms. The Balaban J connectivity index is 0.00000144. The van der Waals surface area contributed by atoms with Crippen molar-refractivity contribution in [3.63, 3.8) is 0 Å². The third-order valence-corrected chi connectivity index (χ3v) is 3.08. The first-order chi connectivity index (χ1) is 7.54. The summed E-state index contributed by atoms with van der Waals surface area (Å²) in [5.41, 5.74) is 0.812. The van der Waals surface area contributed by atoms with E-state index in [1.54, 1.807) is 13.0 Å². The molecule has 2 aliphatic rings. The number of nitrogens with zero attached hydrogens (tertiary/aromatic N) is 2. The van der Waals surface area contributed by atoms with Crippen molar-refractivity contribution < 1.29 is 58.0 Å². The van der Waals surface area contributed by atoms with Gasteiger partial charge in [-0.2, -0.15) is 9.35 Å². The Morgan fingerprint density at radius 1 is 1.67 bits per heavy atom. The summed E-state index contributed by atoms with van der Waals surface area (Å²) in [5, 5.41) is 9.92. The second kappa shape index (κ2) is 6.96. The first kappa shape index (κ1) is 18.0. The molecular formula is C8H12N2NaO6S-. The Kier molecular flexibility index (Phi) is 6.96. The standard InChI is InChI=1S/C8H12N2O5S.Na.H2O/c1-5-2-6(4-11)9-3-7(5)10(8(9)12)15-16(13)14;;/h2,6-7,11H,3-4H2,1H3,(H,13,14);;1H2/q;+1;/p-2/t6-,7-;;/m0../s1.